The van der Waals surface area contributed by atoms with Crippen molar-refractivity contribution >= 4 is 15.9 Å². The lowest BCUT2D eigenvalue weighted by molar-refractivity contribution is 0.299. The first-order chi connectivity index (χ1) is 9.17. The third-order valence-corrected chi connectivity index (χ3v) is 4.75. The van der Waals surface area contributed by atoms with Crippen LogP contribution in [0, 0.1) is 5.92 Å². The van der Waals surface area contributed by atoms with E-state index >= 15 is 0 Å². The van der Waals surface area contributed by atoms with Crippen LogP contribution in [0.3, 0.4) is 0 Å². The van der Waals surface area contributed by atoms with Crippen LogP contribution < -0.4 is 10.5 Å². The van der Waals surface area contributed by atoms with Crippen LogP contribution in [0.5, 0.6) is 5.75 Å². The molecule has 2 aliphatic rings. The molecule has 1 heterocycles. The Balaban J connectivity index is 1.75. The second kappa shape index (κ2) is 5.43. The van der Waals surface area contributed by atoms with Crippen molar-refractivity contribution in [3.05, 3.63) is 28.2 Å². The lowest BCUT2D eigenvalue weighted by Crippen LogP contribution is -2.20. The zero-order valence-corrected chi connectivity index (χ0v) is 12.9. The number of nitrogens with two attached hydrogens (primary N) is 1. The second-order valence-electron chi connectivity index (χ2n) is 5.80. The number of benzene rings is 1. The average Bonchev–Trinajstić information content (AvgIpc) is 3.13. The summed E-state index contributed by atoms with van der Waals surface area (Å²) in [6.45, 7) is 1.88. The number of hydrogen-bond donors (Lipinski definition) is 1. The Kier molecular flexibility index (Phi) is 3.83. The van der Waals surface area contributed by atoms with E-state index in [0.29, 0.717) is 18.1 Å². The van der Waals surface area contributed by atoms with Crippen molar-refractivity contribution < 1.29 is 4.74 Å². The van der Waals surface area contributed by atoms with E-state index in [-0.39, 0.29) is 0 Å². The number of halogens is 1. The van der Waals surface area contributed by atoms with Gasteiger partial charge in [-0.3, -0.25) is 4.90 Å². The normalized spacial score (nSPS) is 27.7. The lowest BCUT2D eigenvalue weighted by atomic mass is 10.00. The predicted molar refractivity (Wildman–Crippen MR) is 80.3 cm³/mol. The summed E-state index contributed by atoms with van der Waals surface area (Å²) in [5, 5.41) is 0. The molecule has 4 heteroatoms. The summed E-state index contributed by atoms with van der Waals surface area (Å²) in [6, 6.07) is 6.99. The fraction of sp³-hybridized carbons (Fsp3) is 0.600. The highest BCUT2D eigenvalue weighted by molar-refractivity contribution is 9.10. The van der Waals surface area contributed by atoms with Crippen LogP contribution in [-0.4, -0.2) is 31.1 Å². The highest BCUT2D eigenvalue weighted by atomic mass is 79.9. The van der Waals surface area contributed by atoms with E-state index in [2.05, 4.69) is 46.1 Å². The zero-order chi connectivity index (χ0) is 13.4. The van der Waals surface area contributed by atoms with E-state index in [1.165, 1.54) is 18.4 Å². The molecule has 3 nitrogen and oxygen atoms in total. The molecule has 3 rings (SSSR count). The molecule has 1 aromatic carbocycles. The van der Waals surface area contributed by atoms with Gasteiger partial charge in [-0.1, -0.05) is 6.07 Å². The lowest BCUT2D eigenvalue weighted by Gasteiger charge is -2.20. The quantitative estimate of drug-likeness (QED) is 0.925. The molecule has 104 valence electrons. The molecule has 0 aromatic heterocycles. The number of hydrogen-bond acceptors (Lipinski definition) is 3. The van der Waals surface area contributed by atoms with Gasteiger partial charge in [0.25, 0.3) is 0 Å². The zero-order valence-electron chi connectivity index (χ0n) is 11.3. The van der Waals surface area contributed by atoms with Crippen molar-refractivity contribution in [3.63, 3.8) is 0 Å². The number of ether oxygens (including phenoxy) is 1. The first kappa shape index (κ1) is 13.4. The van der Waals surface area contributed by atoms with Gasteiger partial charge in [-0.15, -0.1) is 0 Å². The molecule has 1 saturated carbocycles. The van der Waals surface area contributed by atoms with Crippen LogP contribution in [-0.2, 0) is 0 Å². The molecular formula is C15H21BrN2O. The van der Waals surface area contributed by atoms with Crippen molar-refractivity contribution in [1.29, 1.82) is 0 Å². The molecule has 0 radical (unpaired) electrons. The minimum atomic E-state index is 0.443. The maximum Gasteiger partial charge on any atom is 0.133 e. The van der Waals surface area contributed by atoms with Crippen LogP contribution in [0.25, 0.3) is 0 Å². The summed E-state index contributed by atoms with van der Waals surface area (Å²) in [5.74, 6) is 1.60. The van der Waals surface area contributed by atoms with Crippen LogP contribution in [0.1, 0.15) is 30.9 Å². The Labute approximate surface area is 123 Å². The molecule has 0 spiro atoms. The summed E-state index contributed by atoms with van der Waals surface area (Å²) < 4.78 is 6.93. The van der Waals surface area contributed by atoms with E-state index in [1.807, 2.05) is 0 Å². The number of rotatable bonds is 4. The van der Waals surface area contributed by atoms with Gasteiger partial charge in [0.1, 0.15) is 5.75 Å². The van der Waals surface area contributed by atoms with Gasteiger partial charge in [0.2, 0.25) is 0 Å². The molecular weight excluding hydrogens is 304 g/mol. The van der Waals surface area contributed by atoms with Gasteiger partial charge in [0.15, 0.2) is 0 Å². The number of nitrogens with zero attached hydrogens (tertiary/aromatic N) is 1. The van der Waals surface area contributed by atoms with E-state index in [4.69, 9.17) is 10.5 Å². The van der Waals surface area contributed by atoms with Crippen molar-refractivity contribution in [3.8, 4) is 5.75 Å². The third-order valence-electron chi connectivity index (χ3n) is 4.13. The third kappa shape index (κ3) is 2.96. The molecule has 2 N–H and O–H groups in total. The first-order valence-corrected chi connectivity index (χ1v) is 7.83. The van der Waals surface area contributed by atoms with Crippen LogP contribution in [0.4, 0.5) is 0 Å². The predicted octanol–water partition coefficient (Wildman–Crippen LogP) is 2.94. The van der Waals surface area contributed by atoms with Crippen LogP contribution in [0.2, 0.25) is 0 Å². The highest BCUT2D eigenvalue weighted by Crippen LogP contribution is 2.38. The van der Waals surface area contributed by atoms with Gasteiger partial charge < -0.3 is 10.5 Å². The van der Waals surface area contributed by atoms with Crippen molar-refractivity contribution in [2.75, 3.05) is 20.1 Å². The monoisotopic (exact) mass is 324 g/mol. The molecule has 19 heavy (non-hydrogen) atoms. The molecule has 1 saturated heterocycles. The SMILES string of the molecule is CN1CC(CN)CC1c1ccc(OC2CC2)c(Br)c1. The van der Waals surface area contributed by atoms with Crippen molar-refractivity contribution in [1.82, 2.24) is 4.90 Å². The molecule has 0 bridgehead atoms. The Bertz CT molecular complexity index is 461. The molecule has 2 unspecified atom stereocenters. The molecule has 0 amide bonds. The maximum atomic E-state index is 5.86. The highest BCUT2D eigenvalue weighted by Gasteiger charge is 2.30. The standard InChI is InChI=1S/C15H21BrN2O/c1-18-9-10(8-17)6-14(18)11-2-5-15(13(16)7-11)19-12-3-4-12/h2,5,7,10,12,14H,3-4,6,8-9,17H2,1H3. The summed E-state index contributed by atoms with van der Waals surface area (Å²) in [6.07, 6.45) is 3.98. The summed E-state index contributed by atoms with van der Waals surface area (Å²) in [4.78, 5) is 2.40. The van der Waals surface area contributed by atoms with E-state index in [9.17, 15) is 0 Å². The maximum absolute atomic E-state index is 5.86. The molecule has 2 atom stereocenters. The average molecular weight is 325 g/mol. The summed E-state index contributed by atoms with van der Waals surface area (Å²) in [7, 11) is 2.18. The van der Waals surface area contributed by atoms with Crippen LogP contribution in [0.15, 0.2) is 22.7 Å². The topological polar surface area (TPSA) is 38.5 Å². The summed E-state index contributed by atoms with van der Waals surface area (Å²) >= 11 is 3.63. The smallest absolute Gasteiger partial charge is 0.133 e. The van der Waals surface area contributed by atoms with Crippen LogP contribution >= 0.6 is 15.9 Å². The summed E-state index contributed by atoms with van der Waals surface area (Å²) in [5.41, 5.74) is 7.15. The molecule has 1 aliphatic carbocycles. The van der Waals surface area contributed by atoms with Crippen molar-refractivity contribution in [2.24, 2.45) is 11.7 Å². The molecule has 2 fully saturated rings. The van der Waals surface area contributed by atoms with E-state index < -0.39 is 0 Å². The second-order valence-corrected chi connectivity index (χ2v) is 6.65. The minimum absolute atomic E-state index is 0.443. The molecule has 1 aliphatic heterocycles. The Hall–Kier alpha value is -0.580. The van der Waals surface area contributed by atoms with Gasteiger partial charge in [-0.2, -0.15) is 0 Å². The van der Waals surface area contributed by atoms with Gasteiger partial charge in [0.05, 0.1) is 10.6 Å². The Morgan fingerprint density at radius 1 is 1.42 bits per heavy atom. The Morgan fingerprint density at radius 2 is 2.21 bits per heavy atom. The van der Waals surface area contributed by atoms with E-state index in [1.54, 1.807) is 0 Å². The fourth-order valence-electron chi connectivity index (χ4n) is 2.85. The first-order valence-electron chi connectivity index (χ1n) is 7.03. The molecule has 1 aromatic rings. The van der Waals surface area contributed by atoms with Gasteiger partial charge in [-0.05, 0) is 72.4 Å². The van der Waals surface area contributed by atoms with Gasteiger partial charge in [-0.25, -0.2) is 0 Å². The minimum Gasteiger partial charge on any atom is -0.489 e. The van der Waals surface area contributed by atoms with Gasteiger partial charge >= 0.3 is 0 Å². The number of likely N-dealkylation sites (tertiary alicyclic amines) is 1. The Morgan fingerprint density at radius 3 is 2.79 bits per heavy atom. The van der Waals surface area contributed by atoms with Gasteiger partial charge in [0, 0.05) is 12.6 Å². The van der Waals surface area contributed by atoms with E-state index in [0.717, 1.165) is 29.7 Å². The largest absolute Gasteiger partial charge is 0.489 e. The fourth-order valence-corrected chi connectivity index (χ4v) is 3.34. The van der Waals surface area contributed by atoms with Crippen molar-refractivity contribution in [2.45, 2.75) is 31.4 Å².